The Balaban J connectivity index is 0.000000252. The normalized spacial score (nSPS) is 11.3. The molecule has 0 atom stereocenters. The third kappa shape index (κ3) is 19.4. The van der Waals surface area contributed by atoms with Crippen LogP contribution in [-0.4, -0.2) is 37.9 Å². The molecular weight excluding hydrogens is 1520 g/mol. The largest absolute Gasteiger partial charge is 0.643 e. The molecule has 3 nitrogen and oxygen atoms in total. The number of hydrogen-bond acceptors (Lipinski definition) is 2. The van der Waals surface area contributed by atoms with Crippen LogP contribution in [0, 0.1) is 175 Å². The number of hydrogen-bond donors (Lipinski definition) is 1. The number of imidazole rings is 1. The monoisotopic (exact) mass is 1580 g/mol. The van der Waals surface area contributed by atoms with Gasteiger partial charge in [0.05, 0.1) is 11.4 Å². The van der Waals surface area contributed by atoms with Gasteiger partial charge in [0.2, 0.25) is 0 Å². The quantitative estimate of drug-likeness (QED) is 0.0155. The topological polar surface area (TPSA) is 37.9 Å². The van der Waals surface area contributed by atoms with E-state index in [0.29, 0.717) is 0 Å². The maximum absolute atomic E-state index is 14.4. The Labute approximate surface area is 598 Å². The van der Waals surface area contributed by atoms with Crippen molar-refractivity contribution in [2.45, 2.75) is 167 Å². The molecule has 107 heavy (non-hydrogen) atoms. The number of halogens is 30. The summed E-state index contributed by atoms with van der Waals surface area (Å²) in [5.74, 6) is -88.4. The van der Waals surface area contributed by atoms with E-state index in [1.54, 1.807) is 0 Å². The fraction of sp³-hybridized carbons (Fsp3) is 0.366. The summed E-state index contributed by atoms with van der Waals surface area (Å²) in [6.07, 6.45) is 27.0. The van der Waals surface area contributed by atoms with E-state index in [2.05, 4.69) is 56.9 Å². The number of H-pyrrole nitrogens is 1. The van der Waals surface area contributed by atoms with Crippen molar-refractivity contribution in [2.24, 2.45) is 0 Å². The van der Waals surface area contributed by atoms with Gasteiger partial charge in [-0.1, -0.05) is 141 Å². The van der Waals surface area contributed by atoms with Crippen LogP contribution in [0.3, 0.4) is 0 Å². The molecule has 1 N–H and O–H groups in total. The second-order valence-corrected chi connectivity index (χ2v) is 27.6. The molecule has 8 aromatic rings. The first-order chi connectivity index (χ1) is 50.5. The molecule has 0 radical (unpaired) electrons. The number of rotatable bonds is 31. The average molecular weight is 1580 g/mol. The predicted molar refractivity (Wildman–Crippen MR) is 340 cm³/mol. The fourth-order valence-corrected chi connectivity index (χ4v) is 13.1. The van der Waals surface area contributed by atoms with Gasteiger partial charge in [-0.2, -0.15) is 0 Å². The summed E-state index contributed by atoms with van der Waals surface area (Å²) in [4.78, 5) is 8.88. The van der Waals surface area contributed by atoms with Crippen LogP contribution in [0.15, 0.2) is 24.3 Å². The summed E-state index contributed by atoms with van der Waals surface area (Å²) in [5.41, 5.74) is -12.2. The van der Waals surface area contributed by atoms with E-state index < -0.39 is 235 Å². The van der Waals surface area contributed by atoms with Crippen LogP contribution in [-0.2, 0) is 12.8 Å². The highest BCUT2D eigenvalue weighted by atomic mass is 27.2. The standard InChI is InChI=1S/C31H52N2O.2C18BF15.2C2H5.Al/c1-3-5-7-9-11-13-15-17-19-21-29-30(22-20-18-16-14-12-10-8-6-4-2)33-31(32-29)27-23-25-28(34)26-24-27;2*20-4-1(5(21)11(27)16(32)10(4)26)19(2-6(22)12(28)17(33)13(29)7(2)23)3-8(24)14(30)18(34)15(31)9(3)25;2*1-2;/h23-26,34H,3-22H2,1-2H3,(H,32,33);;;2*1H2,2H3;/q;;;;;+1/p-1. The van der Waals surface area contributed by atoms with Gasteiger partial charge in [-0.3, -0.25) is 0 Å². The second-order valence-electron chi connectivity index (χ2n) is 24.5. The van der Waals surface area contributed by atoms with Crippen molar-refractivity contribution >= 4 is 60.7 Å². The van der Waals surface area contributed by atoms with Crippen molar-refractivity contribution in [2.75, 3.05) is 0 Å². The van der Waals surface area contributed by atoms with Gasteiger partial charge in [0.25, 0.3) is 13.4 Å². The van der Waals surface area contributed by atoms with E-state index in [1.165, 1.54) is 143 Å². The van der Waals surface area contributed by atoms with Gasteiger partial charge in [-0.25, -0.2) is 137 Å². The zero-order valence-corrected chi connectivity index (χ0v) is 57.9. The molecule has 0 amide bonds. The molecule has 8 rings (SSSR count). The number of aryl methyl sites for hydroxylation is 2. The van der Waals surface area contributed by atoms with Crippen LogP contribution in [0.1, 0.15) is 155 Å². The molecule has 0 saturated carbocycles. The van der Waals surface area contributed by atoms with Crippen LogP contribution in [0.25, 0.3) is 11.4 Å². The molecule has 0 spiro atoms. The SMILES string of the molecule is CCCCCCCCCCCc1nc(-c2ccc([O][Al]([CH2]C)[CH2]C)cc2)[nH]c1CCCCCCCCCCC.Fc1c(F)c(F)c(B(c2c(F)c(F)c(F)c(F)c2F)c2c(F)c(F)c(F)c(F)c2F)c(F)c1F.Fc1c(F)c(F)c(B(c2c(F)c(F)c(F)c(F)c2F)c2c(F)c(F)c(F)c(F)c2F)c(F)c1F. The maximum atomic E-state index is 14.4. The van der Waals surface area contributed by atoms with Gasteiger partial charge < -0.3 is 8.77 Å². The third-order valence-electron chi connectivity index (χ3n) is 17.4. The van der Waals surface area contributed by atoms with E-state index in [1.807, 2.05) is 0 Å². The molecule has 1 heterocycles. The molecule has 7 aromatic carbocycles. The lowest BCUT2D eigenvalue weighted by Crippen LogP contribution is -2.60. The smallest absolute Gasteiger partial charge is 0.546 e. The number of nitrogens with zero attached hydrogens (tertiary/aromatic N) is 1. The highest BCUT2D eigenvalue weighted by Gasteiger charge is 2.48. The minimum absolute atomic E-state index is 1.02. The van der Waals surface area contributed by atoms with Gasteiger partial charge in [0, 0.05) is 44.0 Å². The molecule has 36 heteroatoms. The highest BCUT2D eigenvalue weighted by molar-refractivity contribution is 6.96. The number of unbranched alkanes of at least 4 members (excludes halogenated alkanes) is 16. The molecule has 0 unspecified atom stereocenters. The molecule has 0 fully saturated rings. The number of nitrogens with one attached hydrogen (secondary N) is 1. The number of benzene rings is 7. The van der Waals surface area contributed by atoms with Crippen LogP contribution in [0.5, 0.6) is 5.75 Å². The Morgan fingerprint density at radius 3 is 0.701 bits per heavy atom. The van der Waals surface area contributed by atoms with Crippen LogP contribution >= 0.6 is 0 Å². The van der Waals surface area contributed by atoms with Gasteiger partial charge in [-0.15, -0.1) is 0 Å². The summed E-state index contributed by atoms with van der Waals surface area (Å²) < 4.78 is 423. The highest BCUT2D eigenvalue weighted by Crippen LogP contribution is 2.30. The minimum Gasteiger partial charge on any atom is -0.643 e. The summed E-state index contributed by atoms with van der Waals surface area (Å²) >= 11 is -1.10. The van der Waals surface area contributed by atoms with E-state index >= 15 is 0 Å². The summed E-state index contributed by atoms with van der Waals surface area (Å²) in [6.45, 7) is 1.18. The zero-order chi connectivity index (χ0) is 79.9. The molecule has 0 bridgehead atoms. The lowest BCUT2D eigenvalue weighted by molar-refractivity contribution is 0.380. The Hall–Kier alpha value is -7.89. The average Bonchev–Trinajstić information content (AvgIpc) is 1.01. The number of aromatic nitrogens is 2. The van der Waals surface area contributed by atoms with Crippen molar-refractivity contribution in [3.8, 4) is 17.1 Å². The molecule has 1 aromatic heterocycles. The van der Waals surface area contributed by atoms with Gasteiger partial charge in [0.1, 0.15) is 5.82 Å². The third-order valence-corrected chi connectivity index (χ3v) is 19.9. The summed E-state index contributed by atoms with van der Waals surface area (Å²) in [6, 6.07) is 8.66. The fourth-order valence-electron chi connectivity index (χ4n) is 11.7. The lowest BCUT2D eigenvalue weighted by Gasteiger charge is -2.21. The van der Waals surface area contributed by atoms with E-state index in [0.717, 1.165) is 24.4 Å². The Morgan fingerprint density at radius 2 is 0.477 bits per heavy atom. The van der Waals surface area contributed by atoms with Crippen molar-refractivity contribution in [1.29, 1.82) is 0 Å². The van der Waals surface area contributed by atoms with E-state index in [-0.39, 0.29) is 0 Å². The van der Waals surface area contributed by atoms with Crippen LogP contribution < -0.4 is 36.6 Å². The number of aromatic amines is 1. The van der Waals surface area contributed by atoms with Crippen molar-refractivity contribution in [3.05, 3.63) is 210 Å². The first-order valence-corrected chi connectivity index (χ1v) is 35.6. The van der Waals surface area contributed by atoms with Gasteiger partial charge in [0.15, 0.2) is 175 Å². The second kappa shape index (κ2) is 39.5. The first-order valence-electron chi connectivity index (χ1n) is 33.5. The predicted octanol–water partition coefficient (Wildman–Crippen LogP) is 20.2. The van der Waals surface area contributed by atoms with Gasteiger partial charge >= 0.3 is 14.5 Å². The van der Waals surface area contributed by atoms with E-state index in [4.69, 9.17) is 8.77 Å². The maximum Gasteiger partial charge on any atom is 0.546 e. The minimum atomic E-state index is -3.96. The van der Waals surface area contributed by atoms with Gasteiger partial charge in [-0.05, 0) is 49.9 Å². The van der Waals surface area contributed by atoms with Crippen LogP contribution in [0.2, 0.25) is 10.6 Å². The summed E-state index contributed by atoms with van der Waals surface area (Å²) in [7, 11) is 0. The molecule has 0 saturated heterocycles. The Kier molecular flexibility index (Phi) is 32.5. The molecule has 0 aliphatic rings. The Bertz CT molecular complexity index is 3710. The molecule has 580 valence electrons. The van der Waals surface area contributed by atoms with Crippen molar-refractivity contribution in [3.63, 3.8) is 0 Å². The molecule has 0 aliphatic heterocycles. The van der Waals surface area contributed by atoms with Crippen LogP contribution in [0.4, 0.5) is 132 Å². The first kappa shape index (κ1) is 88.0. The van der Waals surface area contributed by atoms with E-state index in [9.17, 15) is 132 Å². The lowest BCUT2D eigenvalue weighted by atomic mass is 9.36. The Morgan fingerprint density at radius 1 is 0.271 bits per heavy atom. The molecular formula is C71H61AlB2F30N2O. The van der Waals surface area contributed by atoms with Crippen molar-refractivity contribution in [1.82, 2.24) is 9.97 Å². The molecule has 0 aliphatic carbocycles. The van der Waals surface area contributed by atoms with Crippen molar-refractivity contribution < 1.29 is 136 Å². The summed E-state index contributed by atoms with van der Waals surface area (Å²) in [5, 5.41) is 2.36. The zero-order valence-electron chi connectivity index (χ0n) is 56.8.